The standard InChI is InChI=1S/C20H16BrN3O3/c21-17-10-6-15(7-11-17)19(14-4-2-1-3-5-14)22-23-20(25)16-8-12-18(13-9-16)24(26)27/h1-13,24,26H,(H,23,25). The quantitative estimate of drug-likeness (QED) is 0.433. The number of carbonyl (C=O) groups excluding carboxylic acids is 1. The smallest absolute Gasteiger partial charge is 0.271 e. The van der Waals surface area contributed by atoms with Gasteiger partial charge in [-0.2, -0.15) is 10.3 Å². The van der Waals surface area contributed by atoms with Crippen LogP contribution in [0.3, 0.4) is 0 Å². The molecular formula is C20H16BrN3O3. The lowest BCUT2D eigenvalue weighted by Crippen LogP contribution is -2.99. The van der Waals surface area contributed by atoms with Crippen molar-refractivity contribution in [3.63, 3.8) is 0 Å². The van der Waals surface area contributed by atoms with E-state index in [1.165, 1.54) is 24.3 Å². The lowest BCUT2D eigenvalue weighted by Gasteiger charge is -2.11. The molecule has 0 bridgehead atoms. The van der Waals surface area contributed by atoms with Gasteiger partial charge in [0.2, 0.25) is 0 Å². The van der Waals surface area contributed by atoms with Crippen LogP contribution in [-0.2, 0) is 0 Å². The lowest BCUT2D eigenvalue weighted by atomic mass is 10.0. The highest BCUT2D eigenvalue weighted by atomic mass is 79.9. The fourth-order valence-electron chi connectivity index (χ4n) is 2.43. The van der Waals surface area contributed by atoms with Crippen LogP contribution in [0.15, 0.2) is 88.4 Å². The Kier molecular flexibility index (Phi) is 6.10. The molecule has 0 aliphatic carbocycles. The fourth-order valence-corrected chi connectivity index (χ4v) is 2.70. The Hall–Kier alpha value is -2.84. The van der Waals surface area contributed by atoms with Gasteiger partial charge in [0.25, 0.3) is 5.91 Å². The monoisotopic (exact) mass is 425 g/mol. The van der Waals surface area contributed by atoms with Crippen molar-refractivity contribution < 1.29 is 15.2 Å². The van der Waals surface area contributed by atoms with Crippen LogP contribution in [0.4, 0.5) is 5.69 Å². The summed E-state index contributed by atoms with van der Waals surface area (Å²) in [5.41, 5.74) is 5.33. The second-order valence-corrected chi connectivity index (χ2v) is 6.57. The molecule has 0 spiro atoms. The first kappa shape index (κ1) is 18.9. The van der Waals surface area contributed by atoms with E-state index >= 15 is 0 Å². The maximum absolute atomic E-state index is 12.4. The molecular weight excluding hydrogens is 410 g/mol. The van der Waals surface area contributed by atoms with Crippen molar-refractivity contribution in [1.29, 1.82) is 0 Å². The molecule has 1 atom stereocenters. The highest BCUT2D eigenvalue weighted by molar-refractivity contribution is 9.10. The highest BCUT2D eigenvalue weighted by Crippen LogP contribution is 2.15. The summed E-state index contributed by atoms with van der Waals surface area (Å²) >= 11 is 3.41. The van der Waals surface area contributed by atoms with E-state index in [2.05, 4.69) is 26.5 Å². The maximum Gasteiger partial charge on any atom is 0.271 e. The van der Waals surface area contributed by atoms with Crippen LogP contribution in [0.2, 0.25) is 0 Å². The largest absolute Gasteiger partial charge is 0.595 e. The van der Waals surface area contributed by atoms with E-state index in [1.54, 1.807) is 0 Å². The molecule has 0 heterocycles. The number of hydrazone groups is 1. The van der Waals surface area contributed by atoms with E-state index < -0.39 is 11.1 Å². The predicted octanol–water partition coefficient (Wildman–Crippen LogP) is 3.03. The van der Waals surface area contributed by atoms with Crippen LogP contribution in [0.25, 0.3) is 0 Å². The van der Waals surface area contributed by atoms with E-state index in [9.17, 15) is 10.0 Å². The second-order valence-electron chi connectivity index (χ2n) is 5.66. The van der Waals surface area contributed by atoms with Crippen LogP contribution < -0.4 is 10.7 Å². The summed E-state index contributed by atoms with van der Waals surface area (Å²) in [5, 5.41) is 23.1. The molecule has 0 fully saturated rings. The average molecular weight is 426 g/mol. The van der Waals surface area contributed by atoms with Gasteiger partial charge in [-0.05, 0) is 24.3 Å². The molecule has 3 N–H and O–H groups in total. The molecule has 6 nitrogen and oxygen atoms in total. The Morgan fingerprint density at radius 1 is 0.889 bits per heavy atom. The molecule has 0 aliphatic rings. The summed E-state index contributed by atoms with van der Waals surface area (Å²) in [6.07, 6.45) is 0. The number of quaternary nitrogens is 1. The number of amides is 1. The van der Waals surface area contributed by atoms with Gasteiger partial charge in [-0.25, -0.2) is 10.6 Å². The second kappa shape index (κ2) is 8.70. The summed E-state index contributed by atoms with van der Waals surface area (Å²) in [6, 6.07) is 22.8. The van der Waals surface area contributed by atoms with Gasteiger partial charge in [-0.3, -0.25) is 4.79 Å². The molecule has 3 rings (SSSR count). The van der Waals surface area contributed by atoms with Crippen LogP contribution in [0.5, 0.6) is 0 Å². The average Bonchev–Trinajstić information content (AvgIpc) is 2.70. The third-order valence-corrected chi connectivity index (χ3v) is 4.36. The van der Waals surface area contributed by atoms with Gasteiger partial charge in [0.15, 0.2) is 5.69 Å². The minimum absolute atomic E-state index is 0.120. The number of halogens is 1. The van der Waals surface area contributed by atoms with Crippen molar-refractivity contribution in [3.05, 3.63) is 105 Å². The number of hydrogen-bond donors (Lipinski definition) is 3. The molecule has 7 heteroatoms. The van der Waals surface area contributed by atoms with Gasteiger partial charge in [0.1, 0.15) is 0 Å². The maximum atomic E-state index is 12.4. The number of carbonyl (C=O) groups is 1. The van der Waals surface area contributed by atoms with Crippen LogP contribution in [-0.4, -0.2) is 16.8 Å². The van der Waals surface area contributed by atoms with E-state index in [0.29, 0.717) is 11.3 Å². The van der Waals surface area contributed by atoms with Gasteiger partial charge in [0, 0.05) is 33.3 Å². The normalized spacial score (nSPS) is 12.5. The van der Waals surface area contributed by atoms with Crippen LogP contribution in [0, 0.1) is 5.21 Å². The Balaban J connectivity index is 1.87. The number of nitrogens with zero attached hydrogens (tertiary/aromatic N) is 1. The predicted molar refractivity (Wildman–Crippen MR) is 106 cm³/mol. The van der Waals surface area contributed by atoms with Crippen molar-refractivity contribution in [2.24, 2.45) is 5.10 Å². The third kappa shape index (κ3) is 4.87. The first-order chi connectivity index (χ1) is 13.0. The molecule has 136 valence electrons. The van der Waals surface area contributed by atoms with Crippen molar-refractivity contribution in [2.45, 2.75) is 0 Å². The summed E-state index contributed by atoms with van der Waals surface area (Å²) in [6.45, 7) is 0. The first-order valence-electron chi connectivity index (χ1n) is 8.07. The molecule has 27 heavy (non-hydrogen) atoms. The van der Waals surface area contributed by atoms with Gasteiger partial charge in [-0.1, -0.05) is 58.4 Å². The van der Waals surface area contributed by atoms with E-state index in [4.69, 9.17) is 5.21 Å². The highest BCUT2D eigenvalue weighted by Gasteiger charge is 2.10. The number of hydrogen-bond acceptors (Lipinski definition) is 4. The molecule has 3 aromatic rings. The summed E-state index contributed by atoms with van der Waals surface area (Å²) in [7, 11) is 0. The fraction of sp³-hybridized carbons (Fsp3) is 0. The molecule has 0 aromatic heterocycles. The lowest BCUT2D eigenvalue weighted by molar-refractivity contribution is -0.991. The third-order valence-electron chi connectivity index (χ3n) is 3.83. The van der Waals surface area contributed by atoms with Crippen molar-refractivity contribution in [1.82, 2.24) is 5.43 Å². The van der Waals surface area contributed by atoms with Crippen molar-refractivity contribution in [2.75, 3.05) is 0 Å². The van der Waals surface area contributed by atoms with E-state index in [0.717, 1.165) is 15.6 Å². The van der Waals surface area contributed by atoms with E-state index in [1.807, 2.05) is 54.6 Å². The zero-order chi connectivity index (χ0) is 19.2. The molecule has 1 amide bonds. The number of rotatable bonds is 5. The summed E-state index contributed by atoms with van der Waals surface area (Å²) < 4.78 is 0.946. The van der Waals surface area contributed by atoms with Crippen LogP contribution >= 0.6 is 15.9 Å². The minimum Gasteiger partial charge on any atom is -0.595 e. The Labute approximate surface area is 164 Å². The van der Waals surface area contributed by atoms with Crippen molar-refractivity contribution >= 4 is 33.2 Å². The van der Waals surface area contributed by atoms with Gasteiger partial charge < -0.3 is 5.21 Å². The van der Waals surface area contributed by atoms with Crippen molar-refractivity contribution in [3.8, 4) is 0 Å². The zero-order valence-corrected chi connectivity index (χ0v) is 15.7. The number of benzene rings is 3. The first-order valence-corrected chi connectivity index (χ1v) is 8.86. The number of nitrogens with one attached hydrogen (secondary N) is 2. The Morgan fingerprint density at radius 2 is 1.44 bits per heavy atom. The van der Waals surface area contributed by atoms with Gasteiger partial charge in [-0.15, -0.1) is 0 Å². The summed E-state index contributed by atoms with van der Waals surface area (Å²) in [5.74, 6) is -0.419. The molecule has 0 saturated heterocycles. The minimum atomic E-state index is -1.04. The SMILES string of the molecule is O=C(NN=C(c1ccccc1)c1ccc(Br)cc1)c1ccc([NH+]([O-])O)cc1. The molecule has 0 saturated carbocycles. The zero-order valence-electron chi connectivity index (χ0n) is 14.1. The molecule has 0 radical (unpaired) electrons. The Bertz CT molecular complexity index is 940. The van der Waals surface area contributed by atoms with Gasteiger partial charge in [0.05, 0.1) is 5.71 Å². The molecule has 3 aromatic carbocycles. The molecule has 0 aliphatic heterocycles. The molecule has 1 unspecified atom stereocenters. The van der Waals surface area contributed by atoms with E-state index in [-0.39, 0.29) is 5.69 Å². The van der Waals surface area contributed by atoms with Crippen LogP contribution in [0.1, 0.15) is 21.5 Å². The summed E-state index contributed by atoms with van der Waals surface area (Å²) in [4.78, 5) is 12.4. The Morgan fingerprint density at radius 3 is 2.04 bits per heavy atom. The topological polar surface area (TPSA) is 89.2 Å². The van der Waals surface area contributed by atoms with Gasteiger partial charge >= 0.3 is 0 Å².